The number of benzene rings is 1. The minimum absolute atomic E-state index is 0.0845. The number of methoxy groups -OCH3 is 3. The van der Waals surface area contributed by atoms with Crippen molar-refractivity contribution >= 4 is 17.6 Å². The van der Waals surface area contributed by atoms with Crippen molar-refractivity contribution in [3.05, 3.63) is 59.5 Å². The fourth-order valence-corrected chi connectivity index (χ4v) is 3.83. The number of nitrogens with zero attached hydrogens (tertiary/aromatic N) is 2. The Kier molecular flexibility index (Phi) is 7.30. The average molecular weight is 412 g/mol. The number of hydrogen-bond donors (Lipinski definition) is 0. The SMILES string of the molecule is COC(=O)C1=C(C(=O)OC)N(c2c(CCN3CCCC3)cccc2OC)C=CC=C1. The first-order valence-corrected chi connectivity index (χ1v) is 10.0. The van der Waals surface area contributed by atoms with Crippen LogP contribution in [0.25, 0.3) is 0 Å². The molecule has 7 nitrogen and oxygen atoms in total. The maximum Gasteiger partial charge on any atom is 0.355 e. The van der Waals surface area contributed by atoms with Crippen molar-refractivity contribution in [1.82, 2.24) is 4.90 Å². The number of allylic oxidation sites excluding steroid dienone is 2. The summed E-state index contributed by atoms with van der Waals surface area (Å²) < 4.78 is 15.6. The first-order valence-electron chi connectivity index (χ1n) is 10.0. The van der Waals surface area contributed by atoms with Gasteiger partial charge >= 0.3 is 11.9 Å². The molecule has 7 heteroatoms. The number of likely N-dealkylation sites (tertiary alicyclic amines) is 1. The van der Waals surface area contributed by atoms with Gasteiger partial charge in [0.2, 0.25) is 0 Å². The van der Waals surface area contributed by atoms with Crippen LogP contribution in [0.5, 0.6) is 5.75 Å². The van der Waals surface area contributed by atoms with Crippen LogP contribution in [0.1, 0.15) is 18.4 Å². The molecule has 0 unspecified atom stereocenters. The Morgan fingerprint density at radius 3 is 2.40 bits per heavy atom. The number of rotatable bonds is 7. The van der Waals surface area contributed by atoms with Gasteiger partial charge in [0.15, 0.2) is 0 Å². The standard InChI is InChI=1S/C23H28N2O5/c1-28-19-11-8-9-17(12-16-24-13-6-7-14-24)20(19)25-15-5-4-10-18(22(26)29-2)21(25)23(27)30-3/h4-5,8-11,15H,6-7,12-14,16H2,1-3H3. The number of hydrogen-bond acceptors (Lipinski definition) is 7. The van der Waals surface area contributed by atoms with Crippen molar-refractivity contribution in [2.45, 2.75) is 19.3 Å². The molecule has 0 radical (unpaired) electrons. The van der Waals surface area contributed by atoms with E-state index >= 15 is 0 Å². The van der Waals surface area contributed by atoms with E-state index in [4.69, 9.17) is 14.2 Å². The van der Waals surface area contributed by atoms with Gasteiger partial charge in [0.1, 0.15) is 11.4 Å². The van der Waals surface area contributed by atoms with E-state index in [1.54, 1.807) is 36.4 Å². The number of anilines is 1. The number of carbonyl (C=O) groups excluding carboxylic acids is 2. The predicted molar refractivity (Wildman–Crippen MR) is 114 cm³/mol. The molecule has 1 aromatic carbocycles. The normalized spacial score (nSPS) is 16.6. The van der Waals surface area contributed by atoms with Gasteiger partial charge in [0.25, 0.3) is 0 Å². The molecule has 0 spiro atoms. The molecule has 1 aromatic rings. The van der Waals surface area contributed by atoms with Crippen LogP contribution in [-0.4, -0.2) is 57.8 Å². The van der Waals surface area contributed by atoms with Crippen LogP contribution in [0.3, 0.4) is 0 Å². The van der Waals surface area contributed by atoms with Gasteiger partial charge in [-0.05, 0) is 56.1 Å². The summed E-state index contributed by atoms with van der Waals surface area (Å²) >= 11 is 0. The summed E-state index contributed by atoms with van der Waals surface area (Å²) in [6.45, 7) is 3.12. The van der Waals surface area contributed by atoms with Crippen LogP contribution in [-0.2, 0) is 25.5 Å². The topological polar surface area (TPSA) is 68.3 Å². The Labute approximate surface area is 177 Å². The molecule has 2 heterocycles. The zero-order valence-corrected chi connectivity index (χ0v) is 17.7. The third-order valence-corrected chi connectivity index (χ3v) is 5.33. The minimum Gasteiger partial charge on any atom is -0.495 e. The Morgan fingerprint density at radius 2 is 1.73 bits per heavy atom. The minimum atomic E-state index is -0.636. The number of para-hydroxylation sites is 1. The van der Waals surface area contributed by atoms with Crippen LogP contribution in [0.2, 0.25) is 0 Å². The highest BCUT2D eigenvalue weighted by atomic mass is 16.5. The molecule has 0 amide bonds. The van der Waals surface area contributed by atoms with E-state index in [1.165, 1.54) is 27.1 Å². The Balaban J connectivity index is 2.10. The van der Waals surface area contributed by atoms with Crippen molar-refractivity contribution in [2.75, 3.05) is 45.9 Å². The molecule has 1 saturated heterocycles. The van der Waals surface area contributed by atoms with Gasteiger partial charge in [-0.15, -0.1) is 0 Å². The highest BCUT2D eigenvalue weighted by Gasteiger charge is 2.30. The molecule has 0 aliphatic carbocycles. The predicted octanol–water partition coefficient (Wildman–Crippen LogP) is 2.82. The molecule has 0 N–H and O–H groups in total. The lowest BCUT2D eigenvalue weighted by molar-refractivity contribution is -0.139. The lowest BCUT2D eigenvalue weighted by atomic mass is 10.1. The maximum absolute atomic E-state index is 12.8. The summed E-state index contributed by atoms with van der Waals surface area (Å²) in [5.74, 6) is -0.650. The molecule has 0 saturated carbocycles. The lowest BCUT2D eigenvalue weighted by Gasteiger charge is -2.27. The average Bonchev–Trinajstić information content (AvgIpc) is 3.21. The number of esters is 2. The van der Waals surface area contributed by atoms with E-state index in [1.807, 2.05) is 18.2 Å². The quantitative estimate of drug-likeness (QED) is 0.638. The maximum atomic E-state index is 12.8. The zero-order chi connectivity index (χ0) is 21.5. The summed E-state index contributed by atoms with van der Waals surface area (Å²) in [5.41, 5.74) is 1.92. The Bertz CT molecular complexity index is 882. The van der Waals surface area contributed by atoms with E-state index in [9.17, 15) is 9.59 Å². The summed E-state index contributed by atoms with van der Waals surface area (Å²) in [6.07, 6.45) is 9.96. The van der Waals surface area contributed by atoms with E-state index < -0.39 is 11.9 Å². The molecule has 2 aliphatic rings. The molecule has 0 atom stereocenters. The van der Waals surface area contributed by atoms with Gasteiger partial charge in [-0.3, -0.25) is 0 Å². The molecule has 1 fully saturated rings. The largest absolute Gasteiger partial charge is 0.495 e. The second kappa shape index (κ2) is 10.1. The van der Waals surface area contributed by atoms with E-state index in [0.717, 1.165) is 31.6 Å². The van der Waals surface area contributed by atoms with Crippen LogP contribution in [0.4, 0.5) is 5.69 Å². The Hall–Kier alpha value is -3.06. The van der Waals surface area contributed by atoms with Crippen molar-refractivity contribution < 1.29 is 23.8 Å². The van der Waals surface area contributed by atoms with Crippen LogP contribution < -0.4 is 9.64 Å². The molecular weight excluding hydrogens is 384 g/mol. The second-order valence-corrected chi connectivity index (χ2v) is 7.08. The smallest absolute Gasteiger partial charge is 0.355 e. The zero-order valence-electron chi connectivity index (χ0n) is 17.7. The molecule has 0 bridgehead atoms. The van der Waals surface area contributed by atoms with Gasteiger partial charge in [-0.2, -0.15) is 0 Å². The third kappa shape index (κ3) is 4.57. The fourth-order valence-electron chi connectivity index (χ4n) is 3.83. The van der Waals surface area contributed by atoms with Crippen molar-refractivity contribution in [1.29, 1.82) is 0 Å². The number of ether oxygens (including phenoxy) is 3. The molecule has 160 valence electrons. The van der Waals surface area contributed by atoms with Crippen LogP contribution >= 0.6 is 0 Å². The Morgan fingerprint density at radius 1 is 1.00 bits per heavy atom. The van der Waals surface area contributed by atoms with Gasteiger partial charge < -0.3 is 24.0 Å². The molecule has 0 aromatic heterocycles. The van der Waals surface area contributed by atoms with E-state index in [-0.39, 0.29) is 11.3 Å². The van der Waals surface area contributed by atoms with Gasteiger partial charge in [0, 0.05) is 12.7 Å². The first kappa shape index (κ1) is 21.6. The summed E-state index contributed by atoms with van der Waals surface area (Å²) in [7, 11) is 4.16. The van der Waals surface area contributed by atoms with Crippen LogP contribution in [0.15, 0.2) is 53.9 Å². The van der Waals surface area contributed by atoms with E-state index in [0.29, 0.717) is 11.4 Å². The van der Waals surface area contributed by atoms with Crippen molar-refractivity contribution in [2.24, 2.45) is 0 Å². The lowest BCUT2D eigenvalue weighted by Crippen LogP contribution is -2.29. The molecule has 2 aliphatic heterocycles. The fraction of sp³-hybridized carbons (Fsp3) is 0.391. The van der Waals surface area contributed by atoms with E-state index in [2.05, 4.69) is 4.90 Å². The van der Waals surface area contributed by atoms with Gasteiger partial charge in [0.05, 0.1) is 32.6 Å². The molecular formula is C23H28N2O5. The first-order chi connectivity index (χ1) is 14.6. The summed E-state index contributed by atoms with van der Waals surface area (Å²) in [6, 6.07) is 5.80. The number of carbonyl (C=O) groups is 2. The van der Waals surface area contributed by atoms with Gasteiger partial charge in [-0.1, -0.05) is 18.2 Å². The van der Waals surface area contributed by atoms with Crippen LogP contribution in [0, 0.1) is 0 Å². The van der Waals surface area contributed by atoms with Gasteiger partial charge in [-0.25, -0.2) is 9.59 Å². The monoisotopic (exact) mass is 412 g/mol. The highest BCUT2D eigenvalue weighted by Crippen LogP contribution is 2.37. The third-order valence-electron chi connectivity index (χ3n) is 5.33. The summed E-state index contributed by atoms with van der Waals surface area (Å²) in [5, 5.41) is 0. The summed E-state index contributed by atoms with van der Waals surface area (Å²) in [4.78, 5) is 29.3. The van der Waals surface area contributed by atoms with Crippen molar-refractivity contribution in [3.8, 4) is 5.75 Å². The molecule has 3 rings (SSSR count). The molecule has 30 heavy (non-hydrogen) atoms. The highest BCUT2D eigenvalue weighted by molar-refractivity contribution is 6.05. The second-order valence-electron chi connectivity index (χ2n) is 7.08. The van der Waals surface area contributed by atoms with Crippen molar-refractivity contribution in [3.63, 3.8) is 0 Å².